The van der Waals surface area contributed by atoms with Crippen LogP contribution >= 0.6 is 23.2 Å². The first-order valence-electron chi connectivity index (χ1n) is 8.61. The number of phenols is 1. The lowest BCUT2D eigenvalue weighted by atomic mass is 9.89. The summed E-state index contributed by atoms with van der Waals surface area (Å²) in [7, 11) is 0. The maximum atomic E-state index is 13.9. The second-order valence-electron chi connectivity index (χ2n) is 6.50. The number of amides is 2. The number of carbonyl (C=O) groups is 1. The molecule has 3 N–H and O–H groups in total. The molecule has 3 rings (SSSR count). The van der Waals surface area contributed by atoms with E-state index in [9.17, 15) is 23.1 Å². The zero-order valence-electron chi connectivity index (χ0n) is 15.0. The number of hydrogen-bond donors (Lipinski definition) is 2. The van der Waals surface area contributed by atoms with Crippen LogP contribution in [0.25, 0.3) is 0 Å². The van der Waals surface area contributed by atoms with E-state index in [1.54, 1.807) is 0 Å². The summed E-state index contributed by atoms with van der Waals surface area (Å²) in [6.07, 6.45) is 0.865. The number of aromatic hydroxyl groups is 1. The Morgan fingerprint density at radius 2 is 1.90 bits per heavy atom. The van der Waals surface area contributed by atoms with E-state index in [1.807, 2.05) is 0 Å². The molecule has 1 atom stereocenters. The molecule has 2 aromatic carbocycles. The van der Waals surface area contributed by atoms with Crippen LogP contribution in [0, 0.1) is 5.82 Å². The van der Waals surface area contributed by atoms with Crippen LogP contribution in [0.1, 0.15) is 24.3 Å². The second kappa shape index (κ2) is 8.85. The van der Waals surface area contributed by atoms with Crippen molar-refractivity contribution in [3.8, 4) is 5.75 Å². The lowest BCUT2D eigenvalue weighted by Crippen LogP contribution is -2.34. The number of halogens is 3. The van der Waals surface area contributed by atoms with Crippen LogP contribution in [-0.4, -0.2) is 37.3 Å². The third-order valence-corrected chi connectivity index (χ3v) is 6.34. The maximum absolute atomic E-state index is 13.9. The van der Waals surface area contributed by atoms with Gasteiger partial charge in [0.05, 0.1) is 11.4 Å². The Hall–Kier alpha value is -1.91. The summed E-state index contributed by atoms with van der Waals surface area (Å²) in [6, 6.07) is 5.79. The molecule has 1 fully saturated rings. The molecule has 29 heavy (non-hydrogen) atoms. The number of hydrogen-bond acceptors (Lipinski definition) is 4. The van der Waals surface area contributed by atoms with Gasteiger partial charge in [0, 0.05) is 34.9 Å². The summed E-state index contributed by atoms with van der Waals surface area (Å²) in [5.74, 6) is -1.28. The van der Waals surface area contributed by atoms with Gasteiger partial charge in [0.25, 0.3) is 0 Å². The third kappa shape index (κ3) is 4.34. The van der Waals surface area contributed by atoms with E-state index >= 15 is 0 Å². The van der Waals surface area contributed by atoms with Crippen molar-refractivity contribution in [3.05, 3.63) is 51.8 Å². The van der Waals surface area contributed by atoms with Crippen molar-refractivity contribution in [1.82, 2.24) is 4.31 Å². The van der Waals surface area contributed by atoms with Crippen molar-refractivity contribution in [2.75, 3.05) is 18.0 Å². The quantitative estimate of drug-likeness (QED) is 0.670. The topological polar surface area (TPSA) is 110 Å². The highest BCUT2D eigenvalue weighted by atomic mass is 35.5. The van der Waals surface area contributed by atoms with Crippen LogP contribution in [0.15, 0.2) is 30.3 Å². The number of carbonyl (C=O) groups excluding carboxylic acids is 1. The lowest BCUT2D eigenvalue weighted by Gasteiger charge is -2.34. The molecule has 1 heterocycles. The minimum atomic E-state index is -2.31. The average molecular weight is 461 g/mol. The minimum Gasteiger partial charge on any atom is -0.760 e. The molecule has 0 bridgehead atoms. The van der Waals surface area contributed by atoms with Crippen LogP contribution in [0.2, 0.25) is 10.0 Å². The van der Waals surface area contributed by atoms with Gasteiger partial charge in [0.15, 0.2) is 0 Å². The van der Waals surface area contributed by atoms with Gasteiger partial charge < -0.3 is 15.4 Å². The molecule has 0 aliphatic carbocycles. The highest BCUT2D eigenvalue weighted by Gasteiger charge is 2.30. The zero-order valence-corrected chi connectivity index (χ0v) is 17.3. The minimum absolute atomic E-state index is 0.000712. The molecular formula is C18H17Cl2FN3O4S-. The van der Waals surface area contributed by atoms with Gasteiger partial charge in [-0.2, -0.15) is 0 Å². The number of phenolic OH excluding ortho intramolecular Hbond substituents is 1. The average Bonchev–Trinajstić information content (AvgIpc) is 2.67. The fourth-order valence-corrected chi connectivity index (χ4v) is 4.49. The van der Waals surface area contributed by atoms with Gasteiger partial charge in [-0.05, 0) is 43.0 Å². The smallest absolute Gasteiger partial charge is 0.324 e. The normalized spacial score (nSPS) is 16.6. The number of urea groups is 1. The van der Waals surface area contributed by atoms with E-state index in [-0.39, 0.29) is 46.2 Å². The van der Waals surface area contributed by atoms with Crippen molar-refractivity contribution in [2.24, 2.45) is 5.73 Å². The fraction of sp³-hybridized carbons (Fsp3) is 0.278. The predicted molar refractivity (Wildman–Crippen MR) is 109 cm³/mol. The van der Waals surface area contributed by atoms with Gasteiger partial charge >= 0.3 is 6.03 Å². The molecule has 2 amide bonds. The maximum Gasteiger partial charge on any atom is 0.324 e. The molecule has 1 aliphatic rings. The number of piperidine rings is 1. The molecule has 1 aliphatic heterocycles. The van der Waals surface area contributed by atoms with E-state index in [4.69, 9.17) is 28.9 Å². The Balaban J connectivity index is 2.04. The number of rotatable bonds is 4. The van der Waals surface area contributed by atoms with Crippen LogP contribution in [-0.2, 0) is 11.3 Å². The first-order valence-corrected chi connectivity index (χ1v) is 10.4. The van der Waals surface area contributed by atoms with E-state index in [1.165, 1.54) is 28.6 Å². The Kier molecular flexibility index (Phi) is 6.65. The van der Waals surface area contributed by atoms with Gasteiger partial charge in [-0.1, -0.05) is 29.3 Å². The first-order chi connectivity index (χ1) is 13.7. The van der Waals surface area contributed by atoms with Gasteiger partial charge in [-0.25, -0.2) is 13.5 Å². The third-order valence-electron chi connectivity index (χ3n) is 4.85. The van der Waals surface area contributed by atoms with E-state index in [2.05, 4.69) is 0 Å². The molecule has 11 heteroatoms. The second-order valence-corrected chi connectivity index (χ2v) is 8.23. The summed E-state index contributed by atoms with van der Waals surface area (Å²) in [5.41, 5.74) is 5.84. The SMILES string of the molecule is NC(=O)N(c1ccc(Cl)c(C2CCN(S(=O)[O-])CC2)c1O)c1cccc(F)c1Cl. The Morgan fingerprint density at radius 1 is 1.24 bits per heavy atom. The Labute approximate surface area is 179 Å². The molecular weight excluding hydrogens is 444 g/mol. The molecule has 2 aromatic rings. The molecule has 156 valence electrons. The van der Waals surface area contributed by atoms with Gasteiger partial charge in [0.1, 0.15) is 16.6 Å². The molecule has 1 unspecified atom stereocenters. The van der Waals surface area contributed by atoms with E-state index < -0.39 is 23.1 Å². The predicted octanol–water partition coefficient (Wildman–Crippen LogP) is 4.03. The molecule has 0 aromatic heterocycles. The lowest BCUT2D eigenvalue weighted by molar-refractivity contribution is 0.256. The highest BCUT2D eigenvalue weighted by Crippen LogP contribution is 2.46. The summed E-state index contributed by atoms with van der Waals surface area (Å²) in [4.78, 5) is 13.1. The van der Waals surface area contributed by atoms with Crippen molar-refractivity contribution >= 4 is 51.9 Å². The molecule has 0 radical (unpaired) electrons. The van der Waals surface area contributed by atoms with Gasteiger partial charge in [-0.3, -0.25) is 9.11 Å². The van der Waals surface area contributed by atoms with Crippen LogP contribution in [0.5, 0.6) is 5.75 Å². The van der Waals surface area contributed by atoms with Crippen molar-refractivity contribution in [1.29, 1.82) is 0 Å². The summed E-state index contributed by atoms with van der Waals surface area (Å²) < 4.78 is 37.4. The van der Waals surface area contributed by atoms with E-state index in [0.29, 0.717) is 18.4 Å². The molecule has 0 saturated carbocycles. The number of benzene rings is 2. The summed E-state index contributed by atoms with van der Waals surface area (Å²) in [6.45, 7) is 0.548. The number of primary amides is 1. The van der Waals surface area contributed by atoms with Crippen molar-refractivity contribution in [2.45, 2.75) is 18.8 Å². The van der Waals surface area contributed by atoms with Gasteiger partial charge in [-0.15, -0.1) is 0 Å². The van der Waals surface area contributed by atoms with Crippen LogP contribution < -0.4 is 10.6 Å². The Bertz CT molecular complexity index is 970. The molecule has 0 spiro atoms. The monoisotopic (exact) mass is 460 g/mol. The molecule has 7 nitrogen and oxygen atoms in total. The first kappa shape index (κ1) is 21.8. The largest absolute Gasteiger partial charge is 0.760 e. The van der Waals surface area contributed by atoms with Crippen molar-refractivity contribution in [3.63, 3.8) is 0 Å². The van der Waals surface area contributed by atoms with Gasteiger partial charge in [0.2, 0.25) is 0 Å². The van der Waals surface area contributed by atoms with E-state index in [0.717, 1.165) is 11.0 Å². The van der Waals surface area contributed by atoms with Crippen LogP contribution in [0.4, 0.5) is 20.6 Å². The van der Waals surface area contributed by atoms with Crippen molar-refractivity contribution < 1.29 is 23.1 Å². The highest BCUT2D eigenvalue weighted by molar-refractivity contribution is 7.76. The standard InChI is InChI=1S/C18H18Cl2FN3O4S/c19-11-4-5-14(24(18(22)26)13-3-1-2-12(21)16(13)20)17(25)15(11)10-6-8-23(9-7-10)29(27)28/h1-5,10,25H,6-9H2,(H2,22,26)(H,27,28)/p-1. The molecule has 1 saturated heterocycles. The number of nitrogens with zero attached hydrogens (tertiary/aromatic N) is 2. The fourth-order valence-electron chi connectivity index (χ4n) is 3.47. The van der Waals surface area contributed by atoms with Crippen LogP contribution in [0.3, 0.4) is 0 Å². The summed E-state index contributed by atoms with van der Waals surface area (Å²) in [5, 5.41) is 10.9. The number of nitrogens with two attached hydrogens (primary N) is 1. The zero-order chi connectivity index (χ0) is 21.3. The summed E-state index contributed by atoms with van der Waals surface area (Å²) >= 11 is 9.99. The Morgan fingerprint density at radius 3 is 2.48 bits per heavy atom. The number of anilines is 2.